The van der Waals surface area contributed by atoms with E-state index in [0.29, 0.717) is 12.8 Å². The molecule has 0 fully saturated rings. The third-order valence-electron chi connectivity index (χ3n) is 2.60. The van der Waals surface area contributed by atoms with Crippen LogP contribution in [-0.4, -0.2) is 12.6 Å². The van der Waals surface area contributed by atoms with Crippen molar-refractivity contribution in [3.8, 4) is 0 Å². The molecule has 0 amide bonds. The maximum atomic E-state index is 10.2. The van der Waals surface area contributed by atoms with E-state index in [-0.39, 0.29) is 0 Å². The SMILES string of the molecule is O=CCCCc1ccc(CCCC=O)cc1. The van der Waals surface area contributed by atoms with Gasteiger partial charge in [0.2, 0.25) is 0 Å². The molecule has 0 saturated carbocycles. The number of aryl methyl sites for hydroxylation is 2. The molecule has 0 aromatic heterocycles. The summed E-state index contributed by atoms with van der Waals surface area (Å²) in [5, 5.41) is 0. The molecular weight excluding hydrogens is 200 g/mol. The lowest BCUT2D eigenvalue weighted by molar-refractivity contribution is -0.108. The van der Waals surface area contributed by atoms with Gasteiger partial charge in [-0.05, 0) is 36.8 Å². The van der Waals surface area contributed by atoms with E-state index < -0.39 is 0 Å². The second-order valence-corrected chi connectivity index (χ2v) is 3.93. The topological polar surface area (TPSA) is 34.1 Å². The molecule has 0 spiro atoms. The molecule has 16 heavy (non-hydrogen) atoms. The second-order valence-electron chi connectivity index (χ2n) is 3.93. The summed E-state index contributed by atoms with van der Waals surface area (Å²) in [6, 6.07) is 8.45. The van der Waals surface area contributed by atoms with Gasteiger partial charge in [-0.2, -0.15) is 0 Å². The molecule has 0 aliphatic heterocycles. The van der Waals surface area contributed by atoms with Gasteiger partial charge in [0.05, 0.1) is 0 Å². The molecular formula is C14H18O2. The molecule has 0 bridgehead atoms. The molecule has 86 valence electrons. The predicted molar refractivity (Wildman–Crippen MR) is 64.4 cm³/mol. The van der Waals surface area contributed by atoms with Crippen molar-refractivity contribution in [2.24, 2.45) is 0 Å². The predicted octanol–water partition coefficient (Wildman–Crippen LogP) is 2.73. The van der Waals surface area contributed by atoms with Crippen LogP contribution in [0.25, 0.3) is 0 Å². The number of hydrogen-bond donors (Lipinski definition) is 0. The molecule has 0 atom stereocenters. The molecule has 0 radical (unpaired) electrons. The van der Waals surface area contributed by atoms with Crippen LogP contribution in [0.1, 0.15) is 36.8 Å². The van der Waals surface area contributed by atoms with Gasteiger partial charge < -0.3 is 9.59 Å². The first kappa shape index (κ1) is 12.6. The Bertz CT molecular complexity index is 281. The van der Waals surface area contributed by atoms with Crippen molar-refractivity contribution < 1.29 is 9.59 Å². The zero-order valence-corrected chi connectivity index (χ0v) is 9.52. The van der Waals surface area contributed by atoms with Gasteiger partial charge in [0.15, 0.2) is 0 Å². The van der Waals surface area contributed by atoms with E-state index in [4.69, 9.17) is 0 Å². The Morgan fingerprint density at radius 3 is 1.44 bits per heavy atom. The Morgan fingerprint density at radius 1 is 0.750 bits per heavy atom. The zero-order chi connectivity index (χ0) is 11.6. The normalized spacial score (nSPS) is 10.0. The smallest absolute Gasteiger partial charge is 0.120 e. The average molecular weight is 218 g/mol. The summed E-state index contributed by atoms with van der Waals surface area (Å²) in [5.41, 5.74) is 2.56. The highest BCUT2D eigenvalue weighted by molar-refractivity contribution is 5.49. The van der Waals surface area contributed by atoms with Crippen LogP contribution in [-0.2, 0) is 22.4 Å². The molecule has 0 aliphatic rings. The Balaban J connectivity index is 2.35. The highest BCUT2D eigenvalue weighted by Gasteiger charge is 1.95. The molecule has 2 nitrogen and oxygen atoms in total. The van der Waals surface area contributed by atoms with Crippen molar-refractivity contribution in [3.05, 3.63) is 35.4 Å². The summed E-state index contributed by atoms with van der Waals surface area (Å²) < 4.78 is 0. The van der Waals surface area contributed by atoms with Crippen LogP contribution in [0.15, 0.2) is 24.3 Å². The minimum atomic E-state index is 0.640. The van der Waals surface area contributed by atoms with Crippen molar-refractivity contribution in [2.45, 2.75) is 38.5 Å². The number of rotatable bonds is 8. The highest BCUT2D eigenvalue weighted by Crippen LogP contribution is 2.09. The maximum Gasteiger partial charge on any atom is 0.120 e. The molecule has 0 N–H and O–H groups in total. The minimum Gasteiger partial charge on any atom is -0.303 e. The summed E-state index contributed by atoms with van der Waals surface area (Å²) in [6.45, 7) is 0. The van der Waals surface area contributed by atoms with Crippen LogP contribution in [0.5, 0.6) is 0 Å². The number of carbonyl (C=O) groups excluding carboxylic acids is 2. The Labute approximate surface area is 96.7 Å². The standard InChI is InChI=1S/C14H18O2/c15-11-3-1-5-13-7-9-14(10-8-13)6-2-4-12-16/h7-12H,1-6H2. The minimum absolute atomic E-state index is 0.640. The quantitative estimate of drug-likeness (QED) is 0.496. The number of unbranched alkanes of at least 4 members (excludes halogenated alkanes) is 2. The highest BCUT2D eigenvalue weighted by atomic mass is 16.1. The van der Waals surface area contributed by atoms with E-state index in [1.807, 2.05) is 0 Å². The molecule has 1 aromatic rings. The lowest BCUT2D eigenvalue weighted by atomic mass is 10.0. The Hall–Kier alpha value is -1.44. The fourth-order valence-corrected chi connectivity index (χ4v) is 1.65. The van der Waals surface area contributed by atoms with Gasteiger partial charge >= 0.3 is 0 Å². The summed E-state index contributed by atoms with van der Waals surface area (Å²) in [4.78, 5) is 20.3. The van der Waals surface area contributed by atoms with E-state index in [2.05, 4.69) is 24.3 Å². The van der Waals surface area contributed by atoms with Gasteiger partial charge in [-0.15, -0.1) is 0 Å². The van der Waals surface area contributed by atoms with E-state index in [1.165, 1.54) is 11.1 Å². The molecule has 1 rings (SSSR count). The van der Waals surface area contributed by atoms with Crippen molar-refractivity contribution in [1.82, 2.24) is 0 Å². The lowest BCUT2D eigenvalue weighted by Crippen LogP contribution is -1.89. The third kappa shape index (κ3) is 4.87. The summed E-state index contributed by atoms with van der Waals surface area (Å²) in [7, 11) is 0. The van der Waals surface area contributed by atoms with Crippen LogP contribution >= 0.6 is 0 Å². The second kappa shape index (κ2) is 7.80. The van der Waals surface area contributed by atoms with Crippen LogP contribution in [0.3, 0.4) is 0 Å². The van der Waals surface area contributed by atoms with Gasteiger partial charge in [0.25, 0.3) is 0 Å². The van der Waals surface area contributed by atoms with Gasteiger partial charge in [0.1, 0.15) is 12.6 Å². The van der Waals surface area contributed by atoms with E-state index in [9.17, 15) is 9.59 Å². The largest absolute Gasteiger partial charge is 0.303 e. The number of aldehydes is 2. The van der Waals surface area contributed by atoms with E-state index >= 15 is 0 Å². The first-order valence-corrected chi connectivity index (χ1v) is 5.82. The maximum absolute atomic E-state index is 10.2. The fraction of sp³-hybridized carbons (Fsp3) is 0.429. The molecule has 0 saturated heterocycles. The first-order valence-electron chi connectivity index (χ1n) is 5.82. The molecule has 1 aromatic carbocycles. The van der Waals surface area contributed by atoms with Crippen LogP contribution in [0.4, 0.5) is 0 Å². The molecule has 0 unspecified atom stereocenters. The fourth-order valence-electron chi connectivity index (χ4n) is 1.65. The van der Waals surface area contributed by atoms with Gasteiger partial charge in [-0.3, -0.25) is 0 Å². The van der Waals surface area contributed by atoms with Crippen molar-refractivity contribution in [3.63, 3.8) is 0 Å². The third-order valence-corrected chi connectivity index (χ3v) is 2.60. The van der Waals surface area contributed by atoms with Crippen molar-refractivity contribution in [2.75, 3.05) is 0 Å². The number of carbonyl (C=O) groups is 2. The van der Waals surface area contributed by atoms with Crippen LogP contribution in [0, 0.1) is 0 Å². The zero-order valence-electron chi connectivity index (χ0n) is 9.52. The molecule has 0 aliphatic carbocycles. The lowest BCUT2D eigenvalue weighted by Gasteiger charge is -2.02. The van der Waals surface area contributed by atoms with E-state index in [1.54, 1.807) is 0 Å². The van der Waals surface area contributed by atoms with Crippen LogP contribution < -0.4 is 0 Å². The van der Waals surface area contributed by atoms with Crippen LogP contribution in [0.2, 0.25) is 0 Å². The van der Waals surface area contributed by atoms with Crippen molar-refractivity contribution in [1.29, 1.82) is 0 Å². The molecule has 2 heteroatoms. The monoisotopic (exact) mass is 218 g/mol. The summed E-state index contributed by atoms with van der Waals surface area (Å²) in [5.74, 6) is 0. The van der Waals surface area contributed by atoms with Gasteiger partial charge in [-0.25, -0.2) is 0 Å². The average Bonchev–Trinajstić information content (AvgIpc) is 2.32. The molecule has 0 heterocycles. The van der Waals surface area contributed by atoms with Crippen molar-refractivity contribution >= 4 is 12.6 Å². The Morgan fingerprint density at radius 2 is 1.12 bits per heavy atom. The summed E-state index contributed by atoms with van der Waals surface area (Å²) in [6.07, 6.45) is 6.99. The number of hydrogen-bond acceptors (Lipinski definition) is 2. The number of benzene rings is 1. The first-order chi connectivity index (χ1) is 7.86. The summed E-state index contributed by atoms with van der Waals surface area (Å²) >= 11 is 0. The van der Waals surface area contributed by atoms with Gasteiger partial charge in [0, 0.05) is 12.8 Å². The van der Waals surface area contributed by atoms with E-state index in [0.717, 1.165) is 38.3 Å². The van der Waals surface area contributed by atoms with Gasteiger partial charge in [-0.1, -0.05) is 24.3 Å². The Kier molecular flexibility index (Phi) is 6.16.